The molecule has 1 aromatic rings. The average molecular weight is 239 g/mol. The molecule has 1 fully saturated rings. The molecule has 3 nitrogen and oxygen atoms in total. The number of thioether (sulfide) groups is 1. The van der Waals surface area contributed by atoms with Crippen molar-refractivity contribution >= 4 is 17.7 Å². The Morgan fingerprint density at radius 3 is 3.25 bits per heavy atom. The summed E-state index contributed by atoms with van der Waals surface area (Å²) in [5.74, 6) is 3.91. The highest BCUT2D eigenvalue weighted by atomic mass is 32.2. The molecule has 4 heteroatoms. The molecular weight excluding hydrogens is 222 g/mol. The summed E-state index contributed by atoms with van der Waals surface area (Å²) in [5, 5.41) is 2.89. The summed E-state index contributed by atoms with van der Waals surface area (Å²) in [6, 6.07) is 3.70. The van der Waals surface area contributed by atoms with Gasteiger partial charge in [0, 0.05) is 6.42 Å². The summed E-state index contributed by atoms with van der Waals surface area (Å²) in [6.45, 7) is 0.506. The van der Waals surface area contributed by atoms with Gasteiger partial charge in [-0.3, -0.25) is 4.79 Å². The van der Waals surface area contributed by atoms with Gasteiger partial charge >= 0.3 is 0 Å². The summed E-state index contributed by atoms with van der Waals surface area (Å²) < 4.78 is 5.16. The minimum absolute atomic E-state index is 0.143. The molecule has 1 aliphatic heterocycles. The monoisotopic (exact) mass is 239 g/mol. The average Bonchev–Trinajstić information content (AvgIpc) is 2.81. The minimum atomic E-state index is 0.143. The van der Waals surface area contributed by atoms with Crippen LogP contribution >= 0.6 is 11.8 Å². The van der Waals surface area contributed by atoms with Crippen molar-refractivity contribution in [3.63, 3.8) is 0 Å². The summed E-state index contributed by atoms with van der Waals surface area (Å²) in [4.78, 5) is 11.6. The van der Waals surface area contributed by atoms with Crippen molar-refractivity contribution in [2.75, 3.05) is 11.5 Å². The first-order valence-electron chi connectivity index (χ1n) is 5.71. The Morgan fingerprint density at radius 2 is 2.56 bits per heavy atom. The Balaban J connectivity index is 1.67. The van der Waals surface area contributed by atoms with Gasteiger partial charge in [-0.05, 0) is 42.4 Å². The molecule has 16 heavy (non-hydrogen) atoms. The maximum atomic E-state index is 11.6. The van der Waals surface area contributed by atoms with E-state index in [2.05, 4.69) is 5.32 Å². The number of amides is 1. The number of carbonyl (C=O) groups is 1. The molecule has 2 rings (SSSR count). The molecular formula is C12H17NO2S. The van der Waals surface area contributed by atoms with Crippen LogP contribution in [0.5, 0.6) is 0 Å². The fourth-order valence-corrected chi connectivity index (χ4v) is 3.06. The second-order valence-electron chi connectivity index (χ2n) is 4.14. The van der Waals surface area contributed by atoms with Crippen molar-refractivity contribution in [1.82, 2.24) is 5.32 Å². The SMILES string of the molecule is O=C(CC1CCCSC1)NCc1ccco1. The highest BCUT2D eigenvalue weighted by Gasteiger charge is 2.17. The third-order valence-electron chi connectivity index (χ3n) is 2.77. The smallest absolute Gasteiger partial charge is 0.220 e. The van der Waals surface area contributed by atoms with E-state index in [1.54, 1.807) is 6.26 Å². The zero-order valence-corrected chi connectivity index (χ0v) is 10.1. The number of rotatable bonds is 4. The summed E-state index contributed by atoms with van der Waals surface area (Å²) >= 11 is 1.96. The van der Waals surface area contributed by atoms with Crippen LogP contribution in [-0.4, -0.2) is 17.4 Å². The fourth-order valence-electron chi connectivity index (χ4n) is 1.90. The Hall–Kier alpha value is -0.900. The van der Waals surface area contributed by atoms with Gasteiger partial charge in [-0.2, -0.15) is 11.8 Å². The van der Waals surface area contributed by atoms with E-state index < -0.39 is 0 Å². The molecule has 1 saturated heterocycles. The molecule has 0 radical (unpaired) electrons. The van der Waals surface area contributed by atoms with Gasteiger partial charge in [0.25, 0.3) is 0 Å². The summed E-state index contributed by atoms with van der Waals surface area (Å²) in [6.07, 6.45) is 4.73. The first kappa shape index (κ1) is 11.6. The van der Waals surface area contributed by atoms with Crippen LogP contribution in [0.4, 0.5) is 0 Å². The predicted octanol–water partition coefficient (Wildman–Crippen LogP) is 2.43. The van der Waals surface area contributed by atoms with Crippen molar-refractivity contribution in [1.29, 1.82) is 0 Å². The Kier molecular flexibility index (Phi) is 4.34. The molecule has 0 spiro atoms. The largest absolute Gasteiger partial charge is 0.467 e. The van der Waals surface area contributed by atoms with Crippen LogP contribution in [0.1, 0.15) is 25.0 Å². The number of carbonyl (C=O) groups excluding carboxylic acids is 1. The lowest BCUT2D eigenvalue weighted by Crippen LogP contribution is -2.26. The molecule has 1 aromatic heterocycles. The van der Waals surface area contributed by atoms with E-state index in [9.17, 15) is 4.79 Å². The standard InChI is InChI=1S/C12H17NO2S/c14-12(7-10-3-2-6-16-9-10)13-8-11-4-1-5-15-11/h1,4-5,10H,2-3,6-9H2,(H,13,14). The number of furan rings is 1. The second kappa shape index (κ2) is 5.99. The van der Waals surface area contributed by atoms with Crippen LogP contribution in [0.2, 0.25) is 0 Å². The first-order chi connectivity index (χ1) is 7.84. The molecule has 1 N–H and O–H groups in total. The quantitative estimate of drug-likeness (QED) is 0.877. The highest BCUT2D eigenvalue weighted by molar-refractivity contribution is 7.99. The van der Waals surface area contributed by atoms with Crippen LogP contribution in [-0.2, 0) is 11.3 Å². The van der Waals surface area contributed by atoms with Crippen molar-refractivity contribution < 1.29 is 9.21 Å². The Bertz CT molecular complexity index is 318. The summed E-state index contributed by atoms with van der Waals surface area (Å²) in [5.41, 5.74) is 0. The highest BCUT2D eigenvalue weighted by Crippen LogP contribution is 2.24. The first-order valence-corrected chi connectivity index (χ1v) is 6.87. The van der Waals surface area contributed by atoms with Crippen LogP contribution in [0.25, 0.3) is 0 Å². The lowest BCUT2D eigenvalue weighted by atomic mass is 10.0. The van der Waals surface area contributed by atoms with Gasteiger partial charge in [0.1, 0.15) is 5.76 Å². The topological polar surface area (TPSA) is 42.2 Å². The molecule has 1 amide bonds. The van der Waals surface area contributed by atoms with Crippen molar-refractivity contribution in [2.24, 2.45) is 5.92 Å². The Labute approximate surface area is 100.0 Å². The van der Waals surface area contributed by atoms with Crippen LogP contribution in [0.15, 0.2) is 22.8 Å². The molecule has 88 valence electrons. The predicted molar refractivity (Wildman–Crippen MR) is 65.2 cm³/mol. The molecule has 0 aliphatic carbocycles. The van der Waals surface area contributed by atoms with E-state index in [1.807, 2.05) is 23.9 Å². The van der Waals surface area contributed by atoms with E-state index in [0.29, 0.717) is 18.9 Å². The number of hydrogen-bond acceptors (Lipinski definition) is 3. The van der Waals surface area contributed by atoms with Crippen molar-refractivity contribution in [2.45, 2.75) is 25.8 Å². The van der Waals surface area contributed by atoms with Gasteiger partial charge in [-0.1, -0.05) is 0 Å². The maximum absolute atomic E-state index is 11.6. The van der Waals surface area contributed by atoms with E-state index in [-0.39, 0.29) is 5.91 Å². The maximum Gasteiger partial charge on any atom is 0.220 e. The van der Waals surface area contributed by atoms with Crippen molar-refractivity contribution in [3.05, 3.63) is 24.2 Å². The van der Waals surface area contributed by atoms with Crippen LogP contribution in [0.3, 0.4) is 0 Å². The number of hydrogen-bond donors (Lipinski definition) is 1. The second-order valence-corrected chi connectivity index (χ2v) is 5.29. The van der Waals surface area contributed by atoms with Gasteiger partial charge in [0.15, 0.2) is 0 Å². The zero-order valence-electron chi connectivity index (χ0n) is 9.28. The van der Waals surface area contributed by atoms with E-state index in [1.165, 1.54) is 18.6 Å². The normalized spacial score (nSPS) is 20.6. The molecule has 1 atom stereocenters. The van der Waals surface area contributed by atoms with Gasteiger partial charge < -0.3 is 9.73 Å². The molecule has 0 bridgehead atoms. The molecule has 1 unspecified atom stereocenters. The minimum Gasteiger partial charge on any atom is -0.467 e. The lowest BCUT2D eigenvalue weighted by Gasteiger charge is -2.20. The Morgan fingerprint density at radius 1 is 1.62 bits per heavy atom. The van der Waals surface area contributed by atoms with Crippen molar-refractivity contribution in [3.8, 4) is 0 Å². The third kappa shape index (κ3) is 3.59. The zero-order chi connectivity index (χ0) is 11.2. The van der Waals surface area contributed by atoms with Gasteiger partial charge in [-0.15, -0.1) is 0 Å². The van der Waals surface area contributed by atoms with Gasteiger partial charge in [0.2, 0.25) is 5.91 Å². The van der Waals surface area contributed by atoms with E-state index in [4.69, 9.17) is 4.42 Å². The molecule has 1 aliphatic rings. The van der Waals surface area contributed by atoms with Crippen LogP contribution in [0, 0.1) is 5.92 Å². The van der Waals surface area contributed by atoms with E-state index >= 15 is 0 Å². The number of nitrogens with one attached hydrogen (secondary N) is 1. The van der Waals surface area contributed by atoms with E-state index in [0.717, 1.165) is 11.5 Å². The lowest BCUT2D eigenvalue weighted by molar-refractivity contribution is -0.122. The van der Waals surface area contributed by atoms with Gasteiger partial charge in [-0.25, -0.2) is 0 Å². The third-order valence-corrected chi connectivity index (χ3v) is 4.05. The molecule has 0 aromatic carbocycles. The van der Waals surface area contributed by atoms with Crippen LogP contribution < -0.4 is 5.32 Å². The van der Waals surface area contributed by atoms with Gasteiger partial charge in [0.05, 0.1) is 12.8 Å². The molecule has 2 heterocycles. The molecule has 0 saturated carbocycles. The fraction of sp³-hybridized carbons (Fsp3) is 0.583. The summed E-state index contributed by atoms with van der Waals surface area (Å²) in [7, 11) is 0.